The summed E-state index contributed by atoms with van der Waals surface area (Å²) in [7, 11) is 0. The van der Waals surface area contributed by atoms with Gasteiger partial charge < -0.3 is 10.5 Å². The predicted molar refractivity (Wildman–Crippen MR) is 74.2 cm³/mol. The van der Waals surface area contributed by atoms with Crippen molar-refractivity contribution in [3.8, 4) is 0 Å². The SMILES string of the molecule is CC1(C)C[C@](CC[NH3+])(Cc2ccccc2)CCO1. The minimum atomic E-state index is 0.0161. The van der Waals surface area contributed by atoms with Crippen LogP contribution in [0.5, 0.6) is 0 Å². The highest BCUT2D eigenvalue weighted by Crippen LogP contribution is 2.43. The van der Waals surface area contributed by atoms with Gasteiger partial charge in [0.25, 0.3) is 0 Å². The van der Waals surface area contributed by atoms with E-state index in [2.05, 4.69) is 49.9 Å². The Bertz CT molecular complexity index is 370. The minimum absolute atomic E-state index is 0.0161. The van der Waals surface area contributed by atoms with Crippen LogP contribution in [0.3, 0.4) is 0 Å². The average Bonchev–Trinajstić information content (AvgIpc) is 2.29. The maximum absolute atomic E-state index is 5.88. The van der Waals surface area contributed by atoms with E-state index in [0.29, 0.717) is 5.41 Å². The van der Waals surface area contributed by atoms with Gasteiger partial charge in [-0.2, -0.15) is 0 Å². The van der Waals surface area contributed by atoms with Crippen LogP contribution in [0.2, 0.25) is 0 Å². The van der Waals surface area contributed by atoms with Gasteiger partial charge in [-0.05, 0) is 44.1 Å². The van der Waals surface area contributed by atoms with Crippen LogP contribution < -0.4 is 5.73 Å². The van der Waals surface area contributed by atoms with Gasteiger partial charge in [0.2, 0.25) is 0 Å². The lowest BCUT2D eigenvalue weighted by Crippen LogP contribution is -2.54. The van der Waals surface area contributed by atoms with Gasteiger partial charge in [0.1, 0.15) is 0 Å². The maximum Gasteiger partial charge on any atom is 0.0745 e. The number of rotatable bonds is 4. The predicted octanol–water partition coefficient (Wildman–Crippen LogP) is 2.44. The second-order valence-electron chi connectivity index (χ2n) is 6.30. The Morgan fingerprint density at radius 1 is 1.22 bits per heavy atom. The summed E-state index contributed by atoms with van der Waals surface area (Å²) in [6.45, 7) is 6.34. The molecule has 0 radical (unpaired) electrons. The molecule has 2 heteroatoms. The van der Waals surface area contributed by atoms with E-state index in [-0.39, 0.29) is 5.60 Å². The molecule has 1 fully saturated rings. The summed E-state index contributed by atoms with van der Waals surface area (Å²) >= 11 is 0. The van der Waals surface area contributed by atoms with Crippen molar-refractivity contribution in [3.63, 3.8) is 0 Å². The number of benzene rings is 1. The van der Waals surface area contributed by atoms with Crippen LogP contribution in [0.15, 0.2) is 30.3 Å². The first kappa shape index (κ1) is 13.6. The summed E-state index contributed by atoms with van der Waals surface area (Å²) in [6, 6.07) is 10.8. The molecule has 1 saturated heterocycles. The summed E-state index contributed by atoms with van der Waals surface area (Å²) < 4.78 is 5.88. The molecule has 0 amide bonds. The molecule has 0 saturated carbocycles. The Morgan fingerprint density at radius 3 is 2.56 bits per heavy atom. The molecule has 0 aliphatic carbocycles. The van der Waals surface area contributed by atoms with Gasteiger partial charge in [0.05, 0.1) is 12.1 Å². The fourth-order valence-corrected chi connectivity index (χ4v) is 3.44. The van der Waals surface area contributed by atoms with E-state index < -0.39 is 0 Å². The summed E-state index contributed by atoms with van der Waals surface area (Å²) in [5, 5.41) is 0. The Morgan fingerprint density at radius 2 is 1.94 bits per heavy atom. The molecule has 0 unspecified atom stereocenters. The van der Waals surface area contributed by atoms with E-state index in [1.54, 1.807) is 0 Å². The highest BCUT2D eigenvalue weighted by Gasteiger charge is 2.40. The van der Waals surface area contributed by atoms with E-state index in [1.165, 1.54) is 18.4 Å². The largest absolute Gasteiger partial charge is 0.376 e. The first-order chi connectivity index (χ1) is 8.55. The van der Waals surface area contributed by atoms with Crippen LogP contribution in [-0.4, -0.2) is 18.8 Å². The molecule has 1 aromatic carbocycles. The van der Waals surface area contributed by atoms with Crippen LogP contribution in [0.4, 0.5) is 0 Å². The lowest BCUT2D eigenvalue weighted by atomic mass is 9.68. The fraction of sp³-hybridized carbons (Fsp3) is 0.625. The summed E-state index contributed by atoms with van der Waals surface area (Å²) in [5.74, 6) is 0. The van der Waals surface area contributed by atoms with Crippen molar-refractivity contribution in [2.24, 2.45) is 5.41 Å². The van der Waals surface area contributed by atoms with Crippen molar-refractivity contribution in [2.75, 3.05) is 13.2 Å². The van der Waals surface area contributed by atoms with Gasteiger partial charge in [-0.25, -0.2) is 0 Å². The van der Waals surface area contributed by atoms with Crippen LogP contribution in [0.1, 0.15) is 38.7 Å². The van der Waals surface area contributed by atoms with Crippen molar-refractivity contribution in [3.05, 3.63) is 35.9 Å². The molecular formula is C16H26NO+. The Kier molecular flexibility index (Phi) is 4.08. The van der Waals surface area contributed by atoms with Gasteiger partial charge in [0.15, 0.2) is 0 Å². The molecular weight excluding hydrogens is 222 g/mol. The topological polar surface area (TPSA) is 36.9 Å². The molecule has 3 N–H and O–H groups in total. The maximum atomic E-state index is 5.88. The van der Waals surface area contributed by atoms with Gasteiger partial charge >= 0.3 is 0 Å². The summed E-state index contributed by atoms with van der Waals surface area (Å²) in [4.78, 5) is 0. The fourth-order valence-electron chi connectivity index (χ4n) is 3.44. The van der Waals surface area contributed by atoms with Crippen LogP contribution >= 0.6 is 0 Å². The van der Waals surface area contributed by atoms with Crippen molar-refractivity contribution < 1.29 is 10.5 Å². The molecule has 18 heavy (non-hydrogen) atoms. The van der Waals surface area contributed by atoms with E-state index in [0.717, 1.165) is 26.0 Å². The van der Waals surface area contributed by atoms with Crippen molar-refractivity contribution in [1.82, 2.24) is 0 Å². The molecule has 1 aromatic rings. The molecule has 2 rings (SSSR count). The minimum Gasteiger partial charge on any atom is -0.376 e. The molecule has 1 atom stereocenters. The highest BCUT2D eigenvalue weighted by molar-refractivity contribution is 5.17. The zero-order valence-corrected chi connectivity index (χ0v) is 11.7. The molecule has 0 spiro atoms. The average molecular weight is 248 g/mol. The van der Waals surface area contributed by atoms with Crippen LogP contribution in [0.25, 0.3) is 0 Å². The molecule has 0 bridgehead atoms. The Labute approximate surface area is 111 Å². The number of quaternary nitrogens is 1. The first-order valence-corrected chi connectivity index (χ1v) is 7.02. The standard InChI is InChI=1S/C16H25NO/c1-15(2)13-16(8-10-17,9-11-18-15)12-14-6-4-3-5-7-14/h3-7H,8-13,17H2,1-2H3/p+1/t16-/m0/s1. The molecule has 1 aliphatic heterocycles. The summed E-state index contributed by atoms with van der Waals surface area (Å²) in [6.07, 6.45) is 4.68. The second-order valence-corrected chi connectivity index (χ2v) is 6.30. The Balaban J connectivity index is 2.16. The normalized spacial score (nSPS) is 27.1. The van der Waals surface area contributed by atoms with E-state index in [1.807, 2.05) is 0 Å². The zero-order chi connectivity index (χ0) is 13.1. The molecule has 2 nitrogen and oxygen atoms in total. The third-order valence-electron chi connectivity index (χ3n) is 4.05. The monoisotopic (exact) mass is 248 g/mol. The lowest BCUT2D eigenvalue weighted by molar-refractivity contribution is -0.374. The zero-order valence-electron chi connectivity index (χ0n) is 11.7. The van der Waals surface area contributed by atoms with E-state index in [9.17, 15) is 0 Å². The molecule has 1 heterocycles. The lowest BCUT2D eigenvalue weighted by Gasteiger charge is -2.44. The molecule has 100 valence electrons. The van der Waals surface area contributed by atoms with Gasteiger partial charge in [0, 0.05) is 13.0 Å². The second kappa shape index (κ2) is 5.41. The van der Waals surface area contributed by atoms with Crippen molar-refractivity contribution in [1.29, 1.82) is 0 Å². The van der Waals surface area contributed by atoms with E-state index >= 15 is 0 Å². The summed E-state index contributed by atoms with van der Waals surface area (Å²) in [5.41, 5.74) is 5.92. The first-order valence-electron chi connectivity index (χ1n) is 7.02. The van der Waals surface area contributed by atoms with Gasteiger partial charge in [-0.3, -0.25) is 0 Å². The van der Waals surface area contributed by atoms with Gasteiger partial charge in [-0.15, -0.1) is 0 Å². The van der Waals surface area contributed by atoms with E-state index in [4.69, 9.17) is 4.74 Å². The number of hydrogen-bond donors (Lipinski definition) is 1. The van der Waals surface area contributed by atoms with Crippen LogP contribution in [-0.2, 0) is 11.2 Å². The Hall–Kier alpha value is -0.860. The van der Waals surface area contributed by atoms with Crippen molar-refractivity contribution >= 4 is 0 Å². The van der Waals surface area contributed by atoms with Gasteiger partial charge in [-0.1, -0.05) is 30.3 Å². The number of ether oxygens (including phenoxy) is 1. The van der Waals surface area contributed by atoms with Crippen LogP contribution in [0, 0.1) is 5.41 Å². The molecule has 0 aromatic heterocycles. The number of hydrogen-bond acceptors (Lipinski definition) is 1. The van der Waals surface area contributed by atoms with Crippen molar-refractivity contribution in [2.45, 2.75) is 45.1 Å². The third-order valence-corrected chi connectivity index (χ3v) is 4.05. The third kappa shape index (κ3) is 3.33. The quantitative estimate of drug-likeness (QED) is 0.873. The molecule has 1 aliphatic rings. The smallest absolute Gasteiger partial charge is 0.0745 e. The highest BCUT2D eigenvalue weighted by atomic mass is 16.5.